The van der Waals surface area contributed by atoms with Crippen LogP contribution in [-0.4, -0.2) is 28.0 Å². The third kappa shape index (κ3) is 2.75. The summed E-state index contributed by atoms with van der Waals surface area (Å²) >= 11 is 0. The SMILES string of the molecule is CC1Cc2ccccc2N1c1cc(C(=O)NC2CCCC2)ncn1. The third-order valence-electron chi connectivity index (χ3n) is 5.03. The molecule has 0 spiro atoms. The normalized spacial score (nSPS) is 20.2. The molecule has 5 nitrogen and oxygen atoms in total. The van der Waals surface area contributed by atoms with E-state index in [1.807, 2.05) is 12.1 Å². The average Bonchev–Trinajstić information content (AvgIpc) is 3.21. The Kier molecular flexibility index (Phi) is 3.92. The van der Waals surface area contributed by atoms with Gasteiger partial charge in [-0.25, -0.2) is 9.97 Å². The van der Waals surface area contributed by atoms with Gasteiger partial charge < -0.3 is 10.2 Å². The lowest BCUT2D eigenvalue weighted by Gasteiger charge is -2.24. The first-order valence-electron chi connectivity index (χ1n) is 8.72. The van der Waals surface area contributed by atoms with E-state index in [4.69, 9.17) is 0 Å². The van der Waals surface area contributed by atoms with Crippen LogP contribution in [0.1, 0.15) is 48.7 Å². The fraction of sp³-hybridized carbons (Fsp3) is 0.421. The number of hydrogen-bond donors (Lipinski definition) is 1. The Bertz CT molecular complexity index is 755. The molecule has 0 saturated heterocycles. The number of carbonyl (C=O) groups is 1. The summed E-state index contributed by atoms with van der Waals surface area (Å²) in [5, 5.41) is 3.10. The lowest BCUT2D eigenvalue weighted by atomic mass is 10.1. The highest BCUT2D eigenvalue weighted by Crippen LogP contribution is 2.37. The number of benzene rings is 1. The van der Waals surface area contributed by atoms with Crippen molar-refractivity contribution in [3.63, 3.8) is 0 Å². The van der Waals surface area contributed by atoms with E-state index in [1.54, 1.807) is 0 Å². The summed E-state index contributed by atoms with van der Waals surface area (Å²) in [6.45, 7) is 2.18. The number of amides is 1. The maximum absolute atomic E-state index is 12.5. The molecule has 1 aliphatic heterocycles. The van der Waals surface area contributed by atoms with Crippen LogP contribution in [0.3, 0.4) is 0 Å². The fourth-order valence-electron chi connectivity index (χ4n) is 3.85. The average molecular weight is 322 g/mol. The summed E-state index contributed by atoms with van der Waals surface area (Å²) in [5.41, 5.74) is 2.94. The molecule has 1 aliphatic carbocycles. The Labute approximate surface area is 142 Å². The highest BCUT2D eigenvalue weighted by molar-refractivity contribution is 5.93. The quantitative estimate of drug-likeness (QED) is 0.942. The zero-order valence-electron chi connectivity index (χ0n) is 13.9. The predicted molar refractivity (Wildman–Crippen MR) is 93.5 cm³/mol. The van der Waals surface area contributed by atoms with Crippen LogP contribution in [-0.2, 0) is 6.42 Å². The van der Waals surface area contributed by atoms with Crippen molar-refractivity contribution in [3.8, 4) is 0 Å². The van der Waals surface area contributed by atoms with Crippen LogP contribution >= 0.6 is 0 Å². The molecule has 0 radical (unpaired) electrons. The van der Waals surface area contributed by atoms with Crippen molar-refractivity contribution < 1.29 is 4.79 Å². The van der Waals surface area contributed by atoms with Crippen LogP contribution < -0.4 is 10.2 Å². The number of carbonyl (C=O) groups excluding carboxylic acids is 1. The monoisotopic (exact) mass is 322 g/mol. The summed E-state index contributed by atoms with van der Waals surface area (Å²) in [5.74, 6) is 0.699. The number of para-hydroxylation sites is 1. The highest BCUT2D eigenvalue weighted by Gasteiger charge is 2.28. The van der Waals surface area contributed by atoms with Crippen molar-refractivity contribution >= 4 is 17.4 Å². The van der Waals surface area contributed by atoms with Crippen LogP contribution in [0.5, 0.6) is 0 Å². The molecule has 1 unspecified atom stereocenters. The van der Waals surface area contributed by atoms with Gasteiger partial charge in [0.2, 0.25) is 0 Å². The first-order valence-corrected chi connectivity index (χ1v) is 8.72. The van der Waals surface area contributed by atoms with Gasteiger partial charge in [-0.1, -0.05) is 31.0 Å². The molecule has 1 atom stereocenters. The zero-order valence-corrected chi connectivity index (χ0v) is 13.9. The highest BCUT2D eigenvalue weighted by atomic mass is 16.1. The molecular weight excluding hydrogens is 300 g/mol. The van der Waals surface area contributed by atoms with Gasteiger partial charge in [-0.15, -0.1) is 0 Å². The fourth-order valence-corrected chi connectivity index (χ4v) is 3.85. The van der Waals surface area contributed by atoms with Gasteiger partial charge in [0.05, 0.1) is 0 Å². The largest absolute Gasteiger partial charge is 0.348 e. The molecule has 2 heterocycles. The number of aromatic nitrogens is 2. The number of nitrogens with one attached hydrogen (secondary N) is 1. The Morgan fingerprint density at radius 3 is 2.83 bits per heavy atom. The Morgan fingerprint density at radius 2 is 2.00 bits per heavy atom. The summed E-state index contributed by atoms with van der Waals surface area (Å²) in [6.07, 6.45) is 7.01. The van der Waals surface area contributed by atoms with E-state index in [9.17, 15) is 4.79 Å². The molecule has 1 aromatic heterocycles. The number of hydrogen-bond acceptors (Lipinski definition) is 4. The van der Waals surface area contributed by atoms with E-state index < -0.39 is 0 Å². The summed E-state index contributed by atoms with van der Waals surface area (Å²) in [7, 11) is 0. The van der Waals surface area contributed by atoms with Crippen molar-refractivity contribution in [2.75, 3.05) is 4.90 Å². The molecule has 24 heavy (non-hydrogen) atoms. The van der Waals surface area contributed by atoms with Crippen LogP contribution in [0.25, 0.3) is 0 Å². The molecule has 1 amide bonds. The second-order valence-electron chi connectivity index (χ2n) is 6.77. The first kappa shape index (κ1) is 15.1. The topological polar surface area (TPSA) is 58.1 Å². The van der Waals surface area contributed by atoms with E-state index in [0.29, 0.717) is 17.8 Å². The number of nitrogens with zero attached hydrogens (tertiary/aromatic N) is 3. The molecule has 2 aliphatic rings. The lowest BCUT2D eigenvalue weighted by Crippen LogP contribution is -2.33. The van der Waals surface area contributed by atoms with Gasteiger partial charge in [-0.2, -0.15) is 0 Å². The predicted octanol–water partition coefficient (Wildman–Crippen LogP) is 3.23. The first-order chi connectivity index (χ1) is 11.7. The van der Waals surface area contributed by atoms with Crippen molar-refractivity contribution in [3.05, 3.63) is 47.9 Å². The molecule has 1 N–H and O–H groups in total. The van der Waals surface area contributed by atoms with E-state index in [1.165, 1.54) is 30.4 Å². The maximum atomic E-state index is 12.5. The molecule has 4 rings (SSSR count). The van der Waals surface area contributed by atoms with E-state index in [0.717, 1.165) is 25.1 Å². The zero-order chi connectivity index (χ0) is 16.5. The van der Waals surface area contributed by atoms with Crippen LogP contribution in [0, 0.1) is 0 Å². The molecule has 1 aromatic carbocycles. The minimum atomic E-state index is -0.0920. The molecule has 1 fully saturated rings. The van der Waals surface area contributed by atoms with Gasteiger partial charge in [-0.05, 0) is 37.8 Å². The Balaban J connectivity index is 1.59. The smallest absolute Gasteiger partial charge is 0.270 e. The van der Waals surface area contributed by atoms with Crippen molar-refractivity contribution in [1.82, 2.24) is 15.3 Å². The molecule has 0 bridgehead atoms. The van der Waals surface area contributed by atoms with Crippen molar-refractivity contribution in [2.24, 2.45) is 0 Å². The molecule has 1 saturated carbocycles. The maximum Gasteiger partial charge on any atom is 0.270 e. The van der Waals surface area contributed by atoms with Gasteiger partial charge >= 0.3 is 0 Å². The summed E-state index contributed by atoms with van der Waals surface area (Å²) in [4.78, 5) is 23.3. The van der Waals surface area contributed by atoms with E-state index in [2.05, 4.69) is 45.3 Å². The summed E-state index contributed by atoms with van der Waals surface area (Å²) in [6, 6.07) is 10.8. The van der Waals surface area contributed by atoms with E-state index in [-0.39, 0.29) is 5.91 Å². The van der Waals surface area contributed by atoms with Gasteiger partial charge in [0, 0.05) is 23.8 Å². The molecule has 2 aromatic rings. The van der Waals surface area contributed by atoms with Gasteiger partial charge in [-0.3, -0.25) is 4.79 Å². The second kappa shape index (κ2) is 6.23. The van der Waals surface area contributed by atoms with Crippen LogP contribution in [0.4, 0.5) is 11.5 Å². The van der Waals surface area contributed by atoms with Crippen molar-refractivity contribution in [2.45, 2.75) is 51.1 Å². The minimum absolute atomic E-state index is 0.0920. The van der Waals surface area contributed by atoms with Crippen LogP contribution in [0.2, 0.25) is 0 Å². The van der Waals surface area contributed by atoms with E-state index >= 15 is 0 Å². The van der Waals surface area contributed by atoms with Gasteiger partial charge in [0.1, 0.15) is 17.8 Å². The summed E-state index contributed by atoms with van der Waals surface area (Å²) < 4.78 is 0. The Hall–Kier alpha value is -2.43. The number of fused-ring (bicyclic) bond motifs is 1. The van der Waals surface area contributed by atoms with Gasteiger partial charge in [0.15, 0.2) is 0 Å². The third-order valence-corrected chi connectivity index (χ3v) is 5.03. The van der Waals surface area contributed by atoms with Gasteiger partial charge in [0.25, 0.3) is 5.91 Å². The second-order valence-corrected chi connectivity index (χ2v) is 6.77. The van der Waals surface area contributed by atoms with Crippen molar-refractivity contribution in [1.29, 1.82) is 0 Å². The molecular formula is C19H22N4O. The minimum Gasteiger partial charge on any atom is -0.348 e. The van der Waals surface area contributed by atoms with Crippen LogP contribution in [0.15, 0.2) is 36.7 Å². The standard InChI is InChI=1S/C19H22N4O/c1-13-10-14-6-2-5-9-17(14)23(13)18-11-16(20-12-21-18)19(24)22-15-7-3-4-8-15/h2,5-6,9,11-13,15H,3-4,7-8,10H2,1H3,(H,22,24). The Morgan fingerprint density at radius 1 is 1.21 bits per heavy atom. The molecule has 5 heteroatoms. The number of anilines is 2. The number of rotatable bonds is 3. The molecule has 124 valence electrons. The lowest BCUT2D eigenvalue weighted by molar-refractivity contribution is 0.0932.